The molecule has 1 N–H and O–H groups in total. The number of rotatable bonds is 4. The van der Waals surface area contributed by atoms with Gasteiger partial charge in [0, 0.05) is 6.54 Å². The zero-order chi connectivity index (χ0) is 25.6. The zero-order valence-corrected chi connectivity index (χ0v) is 20.5. The number of amides is 1. The number of nitrogens with one attached hydrogen (secondary N) is 1. The molecular formula is C22H26F2N6O4S. The highest BCUT2D eigenvalue weighted by atomic mass is 32.2. The molecule has 188 valence electrons. The van der Waals surface area contributed by atoms with Crippen LogP contribution >= 0.6 is 0 Å². The molecule has 0 spiro atoms. The van der Waals surface area contributed by atoms with Crippen LogP contribution in [0, 0.1) is 6.92 Å². The summed E-state index contributed by atoms with van der Waals surface area (Å²) < 4.78 is 62.1. The van der Waals surface area contributed by atoms with Crippen LogP contribution in [0.4, 0.5) is 19.4 Å². The monoisotopic (exact) mass is 508 g/mol. The largest absolute Gasteiger partial charge is 0.444 e. The Hall–Kier alpha value is -3.35. The Labute approximate surface area is 201 Å². The van der Waals surface area contributed by atoms with Crippen molar-refractivity contribution in [1.82, 2.24) is 24.1 Å². The Kier molecular flexibility index (Phi) is 6.16. The molecule has 1 aromatic carbocycles. The summed E-state index contributed by atoms with van der Waals surface area (Å²) in [6, 6.07) is 4.88. The molecule has 2 aromatic heterocycles. The average Bonchev–Trinajstić information content (AvgIpc) is 3.20. The molecule has 10 nitrogen and oxygen atoms in total. The van der Waals surface area contributed by atoms with E-state index in [1.807, 2.05) is 6.92 Å². The number of benzene rings is 1. The fourth-order valence-corrected chi connectivity index (χ4v) is 4.91. The molecule has 4 rings (SSSR count). The minimum Gasteiger partial charge on any atom is -0.444 e. The van der Waals surface area contributed by atoms with Crippen molar-refractivity contribution in [2.24, 2.45) is 0 Å². The van der Waals surface area contributed by atoms with E-state index in [1.165, 1.54) is 18.3 Å². The zero-order valence-electron chi connectivity index (χ0n) is 19.7. The van der Waals surface area contributed by atoms with Crippen molar-refractivity contribution in [3.63, 3.8) is 0 Å². The summed E-state index contributed by atoms with van der Waals surface area (Å²) in [5, 5.41) is 6.83. The van der Waals surface area contributed by atoms with Crippen LogP contribution in [0.1, 0.15) is 32.8 Å². The maximum atomic E-state index is 15.0. The van der Waals surface area contributed by atoms with Crippen molar-refractivity contribution in [2.75, 3.05) is 18.4 Å². The van der Waals surface area contributed by atoms with Gasteiger partial charge in [0.2, 0.25) is 0 Å². The molecule has 1 saturated heterocycles. The Bertz CT molecular complexity index is 1350. The van der Waals surface area contributed by atoms with Crippen molar-refractivity contribution in [3.8, 4) is 0 Å². The third-order valence-corrected chi connectivity index (χ3v) is 7.03. The molecular weight excluding hydrogens is 482 g/mol. The molecule has 1 aliphatic heterocycles. The molecule has 1 unspecified atom stereocenters. The van der Waals surface area contributed by atoms with Crippen LogP contribution < -0.4 is 5.32 Å². The van der Waals surface area contributed by atoms with Gasteiger partial charge in [-0.25, -0.2) is 23.5 Å². The van der Waals surface area contributed by atoms with E-state index in [9.17, 15) is 22.0 Å². The van der Waals surface area contributed by atoms with E-state index in [0.29, 0.717) is 0 Å². The second-order valence-corrected chi connectivity index (χ2v) is 11.2. The lowest BCUT2D eigenvalue weighted by Crippen LogP contribution is -2.56. The lowest BCUT2D eigenvalue weighted by atomic mass is 10.0. The van der Waals surface area contributed by atoms with E-state index in [0.717, 1.165) is 20.9 Å². The number of aromatic nitrogens is 4. The van der Waals surface area contributed by atoms with E-state index in [-0.39, 0.29) is 34.7 Å². The second kappa shape index (κ2) is 8.70. The van der Waals surface area contributed by atoms with E-state index >= 15 is 0 Å². The molecule has 0 radical (unpaired) electrons. The molecule has 1 fully saturated rings. The quantitative estimate of drug-likeness (QED) is 0.569. The number of alkyl halides is 2. The fraction of sp³-hybridized carbons (Fsp3) is 0.455. The molecule has 1 atom stereocenters. The topological polar surface area (TPSA) is 119 Å². The van der Waals surface area contributed by atoms with E-state index in [4.69, 9.17) is 4.74 Å². The van der Waals surface area contributed by atoms with Crippen molar-refractivity contribution in [3.05, 3.63) is 42.4 Å². The van der Waals surface area contributed by atoms with Gasteiger partial charge in [0.15, 0.2) is 5.65 Å². The first-order chi connectivity index (χ1) is 16.3. The van der Waals surface area contributed by atoms with Gasteiger partial charge in [0.25, 0.3) is 15.9 Å². The first-order valence-electron chi connectivity index (χ1n) is 10.9. The van der Waals surface area contributed by atoms with Gasteiger partial charge in [-0.1, -0.05) is 17.7 Å². The maximum Gasteiger partial charge on any atom is 0.410 e. The number of likely N-dealkylation sites (tertiary alicyclic amines) is 1. The van der Waals surface area contributed by atoms with Crippen molar-refractivity contribution in [2.45, 2.75) is 56.6 Å². The predicted octanol–water partition coefficient (Wildman–Crippen LogP) is 3.43. The van der Waals surface area contributed by atoms with Crippen LogP contribution in [0.25, 0.3) is 11.0 Å². The van der Waals surface area contributed by atoms with Gasteiger partial charge in [0.05, 0.1) is 29.1 Å². The van der Waals surface area contributed by atoms with E-state index < -0.39 is 40.2 Å². The number of nitrogens with zero attached hydrogens (tertiary/aromatic N) is 5. The minimum atomic E-state index is -4.06. The lowest BCUT2D eigenvalue weighted by Gasteiger charge is -2.39. The van der Waals surface area contributed by atoms with Crippen molar-refractivity contribution >= 4 is 33.0 Å². The fourth-order valence-electron chi connectivity index (χ4n) is 3.69. The van der Waals surface area contributed by atoms with Crippen LogP contribution in [0.5, 0.6) is 0 Å². The summed E-state index contributed by atoms with van der Waals surface area (Å²) in [7, 11) is -4.06. The summed E-state index contributed by atoms with van der Waals surface area (Å²) >= 11 is 0. The van der Waals surface area contributed by atoms with Gasteiger partial charge in [-0.05, 0) is 46.2 Å². The first-order valence-corrected chi connectivity index (χ1v) is 12.4. The minimum absolute atomic E-state index is 0.0160. The third kappa shape index (κ3) is 5.04. The smallest absolute Gasteiger partial charge is 0.410 e. The second-order valence-electron chi connectivity index (χ2n) is 9.41. The highest BCUT2D eigenvalue weighted by Crippen LogP contribution is 2.32. The normalized spacial score (nSPS) is 18.5. The number of carbonyl (C=O) groups is 1. The first kappa shape index (κ1) is 24.8. The van der Waals surface area contributed by atoms with Crippen LogP contribution in [0.15, 0.2) is 41.7 Å². The van der Waals surface area contributed by atoms with Gasteiger partial charge in [-0.15, -0.1) is 4.09 Å². The van der Waals surface area contributed by atoms with Gasteiger partial charge < -0.3 is 15.0 Å². The van der Waals surface area contributed by atoms with Crippen LogP contribution in [0.2, 0.25) is 0 Å². The molecule has 3 aromatic rings. The molecule has 0 saturated carbocycles. The number of fused-ring (bicyclic) bond motifs is 1. The Morgan fingerprint density at radius 2 is 1.89 bits per heavy atom. The summed E-state index contributed by atoms with van der Waals surface area (Å²) in [5.41, 5.74) is 0.0481. The van der Waals surface area contributed by atoms with Crippen LogP contribution in [-0.4, -0.2) is 69.2 Å². The molecule has 1 aliphatic rings. The molecule has 0 bridgehead atoms. The van der Waals surface area contributed by atoms with Gasteiger partial charge in [0.1, 0.15) is 17.7 Å². The summed E-state index contributed by atoms with van der Waals surface area (Å²) in [4.78, 5) is 21.3. The number of ether oxygens (including phenoxy) is 1. The lowest BCUT2D eigenvalue weighted by molar-refractivity contribution is -0.0770. The van der Waals surface area contributed by atoms with E-state index in [2.05, 4.69) is 20.4 Å². The number of anilines is 1. The van der Waals surface area contributed by atoms with Crippen molar-refractivity contribution in [1.29, 1.82) is 0 Å². The Balaban J connectivity index is 1.58. The predicted molar refractivity (Wildman–Crippen MR) is 124 cm³/mol. The van der Waals surface area contributed by atoms with E-state index in [1.54, 1.807) is 32.9 Å². The van der Waals surface area contributed by atoms with Crippen molar-refractivity contribution < 1.29 is 26.7 Å². The Morgan fingerprint density at radius 1 is 1.20 bits per heavy atom. The summed E-state index contributed by atoms with van der Waals surface area (Å²) in [6.07, 6.45) is 1.43. The molecule has 1 amide bonds. The Morgan fingerprint density at radius 3 is 2.51 bits per heavy atom. The SMILES string of the molecule is Cc1ccc(S(=O)(=O)n2ncc3c(NC4CCN(C(=O)OC(C)(C)C)CC4(F)F)ncnc32)cc1. The average molecular weight is 509 g/mol. The van der Waals surface area contributed by atoms with Gasteiger partial charge in [-0.2, -0.15) is 13.5 Å². The molecule has 0 aliphatic carbocycles. The molecule has 3 heterocycles. The molecule has 35 heavy (non-hydrogen) atoms. The molecule has 13 heteroatoms. The number of halogens is 2. The number of aryl methyl sites for hydroxylation is 1. The summed E-state index contributed by atoms with van der Waals surface area (Å²) in [6.45, 7) is 6.05. The van der Waals surface area contributed by atoms with Crippen LogP contribution in [0.3, 0.4) is 0 Å². The maximum absolute atomic E-state index is 15.0. The number of hydrogen-bond acceptors (Lipinski definition) is 8. The highest BCUT2D eigenvalue weighted by molar-refractivity contribution is 7.90. The summed E-state index contributed by atoms with van der Waals surface area (Å²) in [5.74, 6) is -3.27. The number of carbonyl (C=O) groups excluding carboxylic acids is 1. The number of piperidine rings is 1. The third-order valence-electron chi connectivity index (χ3n) is 5.44. The van der Waals surface area contributed by atoms with Crippen LogP contribution in [-0.2, 0) is 14.8 Å². The number of hydrogen-bond donors (Lipinski definition) is 1. The highest BCUT2D eigenvalue weighted by Gasteiger charge is 2.47. The van der Waals surface area contributed by atoms with Gasteiger partial charge in [-0.3, -0.25) is 0 Å². The van der Waals surface area contributed by atoms with Gasteiger partial charge >= 0.3 is 6.09 Å². The standard InChI is InChI=1S/C22H26F2N6O4S/c1-14-5-7-15(8-6-14)35(32,33)30-19-16(11-27-30)18(25-13-26-19)28-17-9-10-29(12-22(17,23)24)20(31)34-21(2,3)4/h5-8,11,13,17H,9-10,12H2,1-4H3,(H,25,26,28).